The van der Waals surface area contributed by atoms with Crippen LogP contribution in [-0.4, -0.2) is 45.6 Å². The van der Waals surface area contributed by atoms with Gasteiger partial charge in [-0.2, -0.15) is 0 Å². The molecule has 4 N–H and O–H groups in total. The smallest absolute Gasteiger partial charge is 0.326 e. The van der Waals surface area contributed by atoms with Gasteiger partial charge in [0.2, 0.25) is 5.91 Å². The number of carboxylic acids is 1. The molecule has 2 heterocycles. The van der Waals surface area contributed by atoms with E-state index in [1.165, 1.54) is 6.33 Å². The molecule has 7 heteroatoms. The van der Waals surface area contributed by atoms with E-state index in [9.17, 15) is 9.59 Å². The van der Waals surface area contributed by atoms with Gasteiger partial charge in [-0.25, -0.2) is 9.78 Å². The number of carbonyl (C=O) groups excluding carboxylic acids is 1. The number of hydrogen-bond acceptors (Lipinski definition) is 4. The van der Waals surface area contributed by atoms with Crippen LogP contribution in [0.4, 0.5) is 0 Å². The number of nitrogens with one attached hydrogen (secondary N) is 3. The van der Waals surface area contributed by atoms with Crippen molar-refractivity contribution >= 4 is 11.9 Å². The Bertz CT molecular complexity index is 446. The lowest BCUT2D eigenvalue weighted by molar-refractivity contribution is -0.142. The Labute approximate surface area is 110 Å². The minimum absolute atomic E-state index is 0.197. The van der Waals surface area contributed by atoms with E-state index in [0.29, 0.717) is 5.69 Å². The van der Waals surface area contributed by atoms with Crippen molar-refractivity contribution in [3.63, 3.8) is 0 Å². The first-order chi connectivity index (χ1) is 9.08. The third-order valence-corrected chi connectivity index (χ3v) is 3.41. The molecular formula is C12H18N4O3. The molecule has 3 atom stereocenters. The average molecular weight is 266 g/mol. The van der Waals surface area contributed by atoms with Crippen molar-refractivity contribution in [1.82, 2.24) is 20.6 Å². The molecule has 104 valence electrons. The van der Waals surface area contributed by atoms with Crippen molar-refractivity contribution in [3.05, 3.63) is 18.2 Å². The van der Waals surface area contributed by atoms with Crippen molar-refractivity contribution in [2.24, 2.45) is 5.92 Å². The highest BCUT2D eigenvalue weighted by molar-refractivity contribution is 5.87. The first-order valence-electron chi connectivity index (χ1n) is 6.31. The predicted octanol–water partition coefficient (Wildman–Crippen LogP) is -0.480. The number of imidazole rings is 1. The molecule has 1 fully saturated rings. The third-order valence-electron chi connectivity index (χ3n) is 3.41. The highest BCUT2D eigenvalue weighted by Crippen LogP contribution is 2.14. The Morgan fingerprint density at radius 1 is 1.63 bits per heavy atom. The van der Waals surface area contributed by atoms with Crippen molar-refractivity contribution in [3.8, 4) is 0 Å². The maximum atomic E-state index is 12.0. The zero-order chi connectivity index (χ0) is 13.8. The molecule has 7 nitrogen and oxygen atoms in total. The summed E-state index contributed by atoms with van der Waals surface area (Å²) in [6.45, 7) is 2.77. The van der Waals surface area contributed by atoms with Gasteiger partial charge in [0.15, 0.2) is 0 Å². The normalized spacial score (nSPS) is 24.1. The molecule has 2 rings (SSSR count). The zero-order valence-electron chi connectivity index (χ0n) is 10.7. The molecule has 1 aliphatic rings. The van der Waals surface area contributed by atoms with Gasteiger partial charge in [-0.05, 0) is 18.9 Å². The third kappa shape index (κ3) is 3.31. The van der Waals surface area contributed by atoms with E-state index in [-0.39, 0.29) is 24.3 Å². The number of rotatable bonds is 5. The maximum Gasteiger partial charge on any atom is 0.326 e. The highest BCUT2D eigenvalue weighted by Gasteiger charge is 2.32. The SMILES string of the molecule is CC1CCNC1C(=O)N[C@@H](Cc1cnc[nH]1)C(=O)O. The molecule has 2 unspecified atom stereocenters. The van der Waals surface area contributed by atoms with E-state index in [1.807, 2.05) is 6.92 Å². The van der Waals surface area contributed by atoms with Gasteiger partial charge < -0.3 is 20.7 Å². The monoisotopic (exact) mass is 266 g/mol. The molecule has 1 amide bonds. The number of aromatic nitrogens is 2. The lowest BCUT2D eigenvalue weighted by Crippen LogP contribution is -2.50. The van der Waals surface area contributed by atoms with Gasteiger partial charge in [0.1, 0.15) is 6.04 Å². The van der Waals surface area contributed by atoms with Crippen LogP contribution in [0.15, 0.2) is 12.5 Å². The maximum absolute atomic E-state index is 12.0. The van der Waals surface area contributed by atoms with Crippen LogP contribution in [0.2, 0.25) is 0 Å². The van der Waals surface area contributed by atoms with Gasteiger partial charge in [0, 0.05) is 18.3 Å². The Balaban J connectivity index is 1.96. The Morgan fingerprint density at radius 3 is 2.95 bits per heavy atom. The second-order valence-corrected chi connectivity index (χ2v) is 4.88. The number of aliphatic carboxylic acids is 1. The van der Waals surface area contributed by atoms with E-state index in [4.69, 9.17) is 5.11 Å². The fraction of sp³-hybridized carbons (Fsp3) is 0.583. The summed E-state index contributed by atoms with van der Waals surface area (Å²) in [5.74, 6) is -1.08. The summed E-state index contributed by atoms with van der Waals surface area (Å²) >= 11 is 0. The topological polar surface area (TPSA) is 107 Å². The molecule has 1 aliphatic heterocycles. The fourth-order valence-corrected chi connectivity index (χ4v) is 2.26. The van der Waals surface area contributed by atoms with E-state index in [0.717, 1.165) is 13.0 Å². The summed E-state index contributed by atoms with van der Waals surface area (Å²) in [5, 5.41) is 14.8. The second-order valence-electron chi connectivity index (χ2n) is 4.88. The van der Waals surface area contributed by atoms with Crippen LogP contribution >= 0.6 is 0 Å². The molecule has 0 bridgehead atoms. The number of amides is 1. The minimum Gasteiger partial charge on any atom is -0.480 e. The minimum atomic E-state index is -1.05. The van der Waals surface area contributed by atoms with Gasteiger partial charge in [-0.1, -0.05) is 6.92 Å². The largest absolute Gasteiger partial charge is 0.480 e. The summed E-state index contributed by atoms with van der Waals surface area (Å²) in [5.41, 5.74) is 0.681. The number of hydrogen-bond donors (Lipinski definition) is 4. The first-order valence-corrected chi connectivity index (χ1v) is 6.31. The van der Waals surface area contributed by atoms with E-state index >= 15 is 0 Å². The van der Waals surface area contributed by atoms with Crippen molar-refractivity contribution in [2.45, 2.75) is 31.8 Å². The predicted molar refractivity (Wildman–Crippen MR) is 67.4 cm³/mol. The molecule has 19 heavy (non-hydrogen) atoms. The van der Waals surface area contributed by atoms with E-state index < -0.39 is 12.0 Å². The lowest BCUT2D eigenvalue weighted by Gasteiger charge is -2.19. The number of carbonyl (C=O) groups is 2. The summed E-state index contributed by atoms with van der Waals surface area (Å²) in [6, 6.07) is -1.24. The fourth-order valence-electron chi connectivity index (χ4n) is 2.26. The average Bonchev–Trinajstić information content (AvgIpc) is 2.99. The highest BCUT2D eigenvalue weighted by atomic mass is 16.4. The Kier molecular flexibility index (Phi) is 4.16. The van der Waals surface area contributed by atoms with Gasteiger partial charge in [-0.15, -0.1) is 0 Å². The van der Waals surface area contributed by atoms with Crippen LogP contribution in [0, 0.1) is 5.92 Å². The number of H-pyrrole nitrogens is 1. The van der Waals surface area contributed by atoms with Crippen molar-refractivity contribution < 1.29 is 14.7 Å². The summed E-state index contributed by atoms with van der Waals surface area (Å²) in [6.07, 6.45) is 4.16. The number of carboxylic acid groups (broad SMARTS) is 1. The van der Waals surface area contributed by atoms with Crippen LogP contribution in [0.25, 0.3) is 0 Å². The standard InChI is InChI=1S/C12H18N4O3/c1-7-2-3-14-10(7)11(17)16-9(12(18)19)4-8-5-13-6-15-8/h5-7,9-10,14H,2-4H2,1H3,(H,13,15)(H,16,17)(H,18,19)/t7?,9-,10?/m0/s1. The van der Waals surface area contributed by atoms with Gasteiger partial charge in [0.25, 0.3) is 0 Å². The Hall–Kier alpha value is -1.89. The second kappa shape index (κ2) is 5.83. The molecule has 0 aromatic carbocycles. The molecule has 1 saturated heterocycles. The lowest BCUT2D eigenvalue weighted by atomic mass is 10.0. The molecule has 1 aromatic heterocycles. The zero-order valence-corrected chi connectivity index (χ0v) is 10.7. The van der Waals surface area contributed by atoms with Crippen LogP contribution in [0.5, 0.6) is 0 Å². The molecular weight excluding hydrogens is 248 g/mol. The number of nitrogens with zero attached hydrogens (tertiary/aromatic N) is 1. The first kappa shape index (κ1) is 13.5. The molecule has 0 aliphatic carbocycles. The summed E-state index contributed by atoms with van der Waals surface area (Å²) < 4.78 is 0. The van der Waals surface area contributed by atoms with Gasteiger partial charge in [-0.3, -0.25) is 4.79 Å². The molecule has 0 spiro atoms. The van der Waals surface area contributed by atoms with Crippen LogP contribution < -0.4 is 10.6 Å². The van der Waals surface area contributed by atoms with Crippen molar-refractivity contribution in [2.75, 3.05) is 6.54 Å². The Morgan fingerprint density at radius 2 is 2.42 bits per heavy atom. The molecule has 1 aromatic rings. The van der Waals surface area contributed by atoms with Gasteiger partial charge >= 0.3 is 5.97 Å². The van der Waals surface area contributed by atoms with E-state index in [1.54, 1.807) is 6.20 Å². The van der Waals surface area contributed by atoms with Gasteiger partial charge in [0.05, 0.1) is 12.4 Å². The van der Waals surface area contributed by atoms with E-state index in [2.05, 4.69) is 20.6 Å². The van der Waals surface area contributed by atoms with Crippen molar-refractivity contribution in [1.29, 1.82) is 0 Å². The quantitative estimate of drug-likeness (QED) is 0.576. The van der Waals surface area contributed by atoms with Crippen LogP contribution in [0.3, 0.4) is 0 Å². The summed E-state index contributed by atoms with van der Waals surface area (Å²) in [4.78, 5) is 29.9. The van der Waals surface area contributed by atoms with Crippen LogP contribution in [0.1, 0.15) is 19.0 Å². The van der Waals surface area contributed by atoms with Crippen LogP contribution in [-0.2, 0) is 16.0 Å². The molecule has 0 radical (unpaired) electrons. The summed E-state index contributed by atoms with van der Waals surface area (Å²) in [7, 11) is 0. The molecule has 0 saturated carbocycles. The number of aromatic amines is 1.